The third kappa shape index (κ3) is 4.87. The van der Waals surface area contributed by atoms with Crippen molar-refractivity contribution in [1.82, 2.24) is 10.2 Å². The molecule has 0 bridgehead atoms. The van der Waals surface area contributed by atoms with Gasteiger partial charge in [0.05, 0.1) is 26.4 Å². The standard InChI is InChI=1S/C16H24N2O3.ClH/c1-12(13-4-6-15(20-3)7-5-13)18(2)16(19)10-14-11-21-9-8-17-14;/h4-7,12,14,17H,8-11H2,1-3H3;1H. The molecule has 22 heavy (non-hydrogen) atoms. The van der Waals surface area contributed by atoms with Crippen molar-refractivity contribution in [2.24, 2.45) is 0 Å². The number of methoxy groups -OCH3 is 1. The lowest BCUT2D eigenvalue weighted by Gasteiger charge is -2.29. The summed E-state index contributed by atoms with van der Waals surface area (Å²) in [5.41, 5.74) is 1.10. The number of carbonyl (C=O) groups is 1. The Kier molecular flexibility index (Phi) is 7.65. The molecule has 1 heterocycles. The van der Waals surface area contributed by atoms with Crippen LogP contribution in [0.2, 0.25) is 0 Å². The van der Waals surface area contributed by atoms with Crippen LogP contribution < -0.4 is 10.1 Å². The molecule has 0 radical (unpaired) electrons. The monoisotopic (exact) mass is 328 g/mol. The van der Waals surface area contributed by atoms with Gasteiger partial charge >= 0.3 is 0 Å². The number of benzene rings is 1. The maximum atomic E-state index is 12.4. The minimum absolute atomic E-state index is 0. The van der Waals surface area contributed by atoms with Gasteiger partial charge < -0.3 is 19.7 Å². The summed E-state index contributed by atoms with van der Waals surface area (Å²) in [5.74, 6) is 0.949. The lowest BCUT2D eigenvalue weighted by atomic mass is 10.1. The second kappa shape index (κ2) is 8.98. The lowest BCUT2D eigenvalue weighted by Crippen LogP contribution is -2.44. The third-order valence-electron chi connectivity index (χ3n) is 3.99. The highest BCUT2D eigenvalue weighted by molar-refractivity contribution is 5.85. The zero-order valence-corrected chi connectivity index (χ0v) is 14.2. The molecule has 5 nitrogen and oxygen atoms in total. The van der Waals surface area contributed by atoms with Gasteiger partial charge in [-0.15, -0.1) is 12.4 Å². The van der Waals surface area contributed by atoms with Crippen LogP contribution in [0.5, 0.6) is 5.75 Å². The fraction of sp³-hybridized carbons (Fsp3) is 0.562. The maximum absolute atomic E-state index is 12.4. The SMILES string of the molecule is COc1ccc(C(C)N(C)C(=O)CC2COCCN2)cc1.Cl. The van der Waals surface area contributed by atoms with E-state index in [-0.39, 0.29) is 30.4 Å². The van der Waals surface area contributed by atoms with Gasteiger partial charge in [0.1, 0.15) is 5.75 Å². The van der Waals surface area contributed by atoms with Gasteiger partial charge in [0, 0.05) is 26.1 Å². The first kappa shape index (κ1) is 18.7. The number of morpholine rings is 1. The Bertz CT molecular complexity index is 461. The van der Waals surface area contributed by atoms with Crippen LogP contribution >= 0.6 is 12.4 Å². The number of ether oxygens (including phenoxy) is 2. The molecule has 0 spiro atoms. The Hall–Kier alpha value is -1.30. The van der Waals surface area contributed by atoms with E-state index < -0.39 is 0 Å². The molecular formula is C16H25ClN2O3. The van der Waals surface area contributed by atoms with Crippen LogP contribution in [0.25, 0.3) is 0 Å². The van der Waals surface area contributed by atoms with Crippen molar-refractivity contribution in [3.05, 3.63) is 29.8 Å². The Labute approximate surface area is 138 Å². The van der Waals surface area contributed by atoms with E-state index in [1.807, 2.05) is 38.2 Å². The highest BCUT2D eigenvalue weighted by Crippen LogP contribution is 2.22. The van der Waals surface area contributed by atoms with Gasteiger partial charge in [-0.1, -0.05) is 12.1 Å². The Balaban J connectivity index is 0.00000242. The molecule has 124 valence electrons. The molecule has 2 rings (SSSR count). The summed E-state index contributed by atoms with van der Waals surface area (Å²) in [6.45, 7) is 4.18. The molecule has 1 aromatic carbocycles. The first-order valence-corrected chi connectivity index (χ1v) is 7.32. The highest BCUT2D eigenvalue weighted by atomic mass is 35.5. The van der Waals surface area contributed by atoms with Crippen LogP contribution in [-0.2, 0) is 9.53 Å². The molecule has 1 fully saturated rings. The summed E-state index contributed by atoms with van der Waals surface area (Å²) >= 11 is 0. The molecule has 1 amide bonds. The zero-order valence-electron chi connectivity index (χ0n) is 13.4. The summed E-state index contributed by atoms with van der Waals surface area (Å²) in [4.78, 5) is 14.1. The molecule has 0 saturated carbocycles. The number of nitrogens with one attached hydrogen (secondary N) is 1. The van der Waals surface area contributed by atoms with Crippen LogP contribution in [-0.4, -0.2) is 50.8 Å². The number of rotatable bonds is 5. The fourth-order valence-corrected chi connectivity index (χ4v) is 2.43. The Morgan fingerprint density at radius 2 is 2.14 bits per heavy atom. The summed E-state index contributed by atoms with van der Waals surface area (Å²) in [5, 5.41) is 3.31. The Morgan fingerprint density at radius 1 is 1.45 bits per heavy atom. The van der Waals surface area contributed by atoms with Crippen molar-refractivity contribution in [2.75, 3.05) is 33.9 Å². The van der Waals surface area contributed by atoms with Gasteiger partial charge in [0.15, 0.2) is 0 Å². The van der Waals surface area contributed by atoms with Crippen molar-refractivity contribution in [3.8, 4) is 5.75 Å². The summed E-state index contributed by atoms with van der Waals surface area (Å²) < 4.78 is 10.5. The number of halogens is 1. The predicted molar refractivity (Wildman–Crippen MR) is 88.7 cm³/mol. The average Bonchev–Trinajstić information content (AvgIpc) is 2.54. The number of carbonyl (C=O) groups excluding carboxylic acids is 1. The Morgan fingerprint density at radius 3 is 2.68 bits per heavy atom. The van der Waals surface area contributed by atoms with E-state index in [2.05, 4.69) is 5.32 Å². The van der Waals surface area contributed by atoms with Crippen molar-refractivity contribution >= 4 is 18.3 Å². The molecule has 1 N–H and O–H groups in total. The summed E-state index contributed by atoms with van der Waals surface area (Å²) in [6.07, 6.45) is 0.469. The van der Waals surface area contributed by atoms with Crippen molar-refractivity contribution in [2.45, 2.75) is 25.4 Å². The van der Waals surface area contributed by atoms with Crippen molar-refractivity contribution in [1.29, 1.82) is 0 Å². The minimum Gasteiger partial charge on any atom is -0.497 e. The molecule has 2 unspecified atom stereocenters. The van der Waals surface area contributed by atoms with E-state index in [9.17, 15) is 4.79 Å². The average molecular weight is 329 g/mol. The van der Waals surface area contributed by atoms with E-state index in [1.165, 1.54) is 0 Å². The molecule has 1 saturated heterocycles. The zero-order chi connectivity index (χ0) is 15.2. The summed E-state index contributed by atoms with van der Waals surface area (Å²) in [7, 11) is 3.49. The number of nitrogens with zero attached hydrogens (tertiary/aromatic N) is 1. The summed E-state index contributed by atoms with van der Waals surface area (Å²) in [6, 6.07) is 7.98. The van der Waals surface area contributed by atoms with Gasteiger partial charge in [-0.05, 0) is 24.6 Å². The van der Waals surface area contributed by atoms with E-state index in [4.69, 9.17) is 9.47 Å². The molecule has 1 aromatic rings. The highest BCUT2D eigenvalue weighted by Gasteiger charge is 2.22. The third-order valence-corrected chi connectivity index (χ3v) is 3.99. The van der Waals surface area contributed by atoms with Crippen molar-refractivity contribution in [3.63, 3.8) is 0 Å². The molecular weight excluding hydrogens is 304 g/mol. The van der Waals surface area contributed by atoms with Gasteiger partial charge in [-0.3, -0.25) is 4.79 Å². The van der Waals surface area contributed by atoms with Gasteiger partial charge in [0.25, 0.3) is 0 Å². The van der Waals surface area contributed by atoms with E-state index >= 15 is 0 Å². The molecule has 0 aliphatic carbocycles. The van der Waals surface area contributed by atoms with Crippen LogP contribution in [0.1, 0.15) is 24.9 Å². The van der Waals surface area contributed by atoms with Crippen LogP contribution in [0, 0.1) is 0 Å². The number of hydrogen-bond donors (Lipinski definition) is 1. The molecule has 6 heteroatoms. The van der Waals surface area contributed by atoms with Gasteiger partial charge in [-0.25, -0.2) is 0 Å². The number of amides is 1. The van der Waals surface area contributed by atoms with Gasteiger partial charge in [-0.2, -0.15) is 0 Å². The number of hydrogen-bond acceptors (Lipinski definition) is 4. The van der Waals surface area contributed by atoms with Crippen LogP contribution in [0.3, 0.4) is 0 Å². The lowest BCUT2D eigenvalue weighted by molar-refractivity contribution is -0.133. The van der Waals surface area contributed by atoms with E-state index in [1.54, 1.807) is 12.0 Å². The molecule has 1 aliphatic rings. The first-order chi connectivity index (χ1) is 10.1. The second-order valence-electron chi connectivity index (χ2n) is 5.38. The van der Waals surface area contributed by atoms with E-state index in [0.29, 0.717) is 13.0 Å². The van der Waals surface area contributed by atoms with E-state index in [0.717, 1.165) is 24.5 Å². The minimum atomic E-state index is 0. The van der Waals surface area contributed by atoms with Crippen molar-refractivity contribution < 1.29 is 14.3 Å². The molecule has 2 atom stereocenters. The normalized spacial score (nSPS) is 19.0. The fourth-order valence-electron chi connectivity index (χ4n) is 2.43. The smallest absolute Gasteiger partial charge is 0.224 e. The van der Waals surface area contributed by atoms with Crippen LogP contribution in [0.15, 0.2) is 24.3 Å². The topological polar surface area (TPSA) is 50.8 Å². The second-order valence-corrected chi connectivity index (χ2v) is 5.38. The first-order valence-electron chi connectivity index (χ1n) is 7.32. The largest absolute Gasteiger partial charge is 0.497 e. The predicted octanol–water partition coefficient (Wildman–Crippen LogP) is 2.01. The van der Waals surface area contributed by atoms with Crippen LogP contribution in [0.4, 0.5) is 0 Å². The molecule has 0 aromatic heterocycles. The quantitative estimate of drug-likeness (QED) is 0.898. The van der Waals surface area contributed by atoms with Gasteiger partial charge in [0.2, 0.25) is 5.91 Å². The maximum Gasteiger partial charge on any atom is 0.224 e. The molecule has 1 aliphatic heterocycles.